The molecule has 102 valence electrons. The van der Waals surface area contributed by atoms with E-state index >= 15 is 0 Å². The van der Waals surface area contributed by atoms with E-state index in [0.717, 1.165) is 35.8 Å². The van der Waals surface area contributed by atoms with Crippen LogP contribution in [0.25, 0.3) is 22.4 Å². The second-order valence-electron chi connectivity index (χ2n) is 5.21. The zero-order chi connectivity index (χ0) is 13.5. The van der Waals surface area contributed by atoms with Gasteiger partial charge in [0, 0.05) is 5.39 Å². The molecule has 1 N–H and O–H groups in total. The Balaban J connectivity index is 1.74. The standard InChI is InChI=1S/C15H14N2O3/c18-12-6-3-5-10(12)15-16-14(17-20-15)11-8-19-13-7-2-1-4-9(11)13/h1-2,4,7-8,10,12,18H,3,5-6H2. The van der Waals surface area contributed by atoms with Crippen LogP contribution in [0.1, 0.15) is 31.1 Å². The number of hydrogen-bond acceptors (Lipinski definition) is 5. The lowest BCUT2D eigenvalue weighted by Gasteiger charge is -2.07. The third-order valence-corrected chi connectivity index (χ3v) is 3.96. The van der Waals surface area contributed by atoms with Crippen LogP contribution in [-0.4, -0.2) is 21.4 Å². The lowest BCUT2D eigenvalue weighted by atomic mass is 10.1. The molecular weight excluding hydrogens is 256 g/mol. The van der Waals surface area contributed by atoms with E-state index in [4.69, 9.17) is 8.94 Å². The number of para-hydroxylation sites is 1. The normalized spacial score (nSPS) is 22.6. The van der Waals surface area contributed by atoms with E-state index < -0.39 is 0 Å². The largest absolute Gasteiger partial charge is 0.464 e. The van der Waals surface area contributed by atoms with Gasteiger partial charge in [-0.05, 0) is 25.3 Å². The van der Waals surface area contributed by atoms with Crippen LogP contribution in [0.3, 0.4) is 0 Å². The van der Waals surface area contributed by atoms with Gasteiger partial charge >= 0.3 is 0 Å². The molecule has 5 nitrogen and oxygen atoms in total. The number of fused-ring (bicyclic) bond motifs is 1. The molecule has 0 saturated heterocycles. The van der Waals surface area contributed by atoms with Gasteiger partial charge in [0.1, 0.15) is 11.8 Å². The maximum Gasteiger partial charge on any atom is 0.232 e. The highest BCUT2D eigenvalue weighted by Crippen LogP contribution is 2.35. The third-order valence-electron chi connectivity index (χ3n) is 3.96. The minimum atomic E-state index is -0.371. The summed E-state index contributed by atoms with van der Waals surface area (Å²) in [7, 11) is 0. The Morgan fingerprint density at radius 1 is 1.20 bits per heavy atom. The molecule has 0 spiro atoms. The Kier molecular flexibility index (Phi) is 2.60. The molecule has 2 atom stereocenters. The summed E-state index contributed by atoms with van der Waals surface area (Å²) in [5.41, 5.74) is 1.62. The molecule has 1 aliphatic carbocycles. The van der Waals surface area contributed by atoms with Crippen LogP contribution in [0.2, 0.25) is 0 Å². The molecule has 1 aliphatic rings. The van der Waals surface area contributed by atoms with Crippen molar-refractivity contribution in [1.82, 2.24) is 10.1 Å². The second kappa shape index (κ2) is 4.45. The molecule has 5 heteroatoms. The molecule has 0 radical (unpaired) electrons. The van der Waals surface area contributed by atoms with Crippen molar-refractivity contribution in [1.29, 1.82) is 0 Å². The zero-order valence-electron chi connectivity index (χ0n) is 10.8. The summed E-state index contributed by atoms with van der Waals surface area (Å²) in [6.07, 6.45) is 3.97. The van der Waals surface area contributed by atoms with E-state index in [9.17, 15) is 5.11 Å². The van der Waals surface area contributed by atoms with Gasteiger partial charge < -0.3 is 14.0 Å². The number of aliphatic hydroxyl groups excluding tert-OH is 1. The number of nitrogens with zero attached hydrogens (tertiary/aromatic N) is 2. The van der Waals surface area contributed by atoms with Gasteiger partial charge in [-0.15, -0.1) is 0 Å². The first-order valence-electron chi connectivity index (χ1n) is 6.81. The average Bonchev–Trinajstić information content (AvgIpc) is 3.15. The molecule has 0 amide bonds. The van der Waals surface area contributed by atoms with Crippen LogP contribution in [0.5, 0.6) is 0 Å². The quantitative estimate of drug-likeness (QED) is 0.774. The molecule has 1 aromatic carbocycles. The topological polar surface area (TPSA) is 72.3 Å². The number of benzene rings is 1. The van der Waals surface area contributed by atoms with Gasteiger partial charge in [-0.25, -0.2) is 0 Å². The predicted molar refractivity (Wildman–Crippen MR) is 72.1 cm³/mol. The smallest absolute Gasteiger partial charge is 0.232 e. The molecule has 1 fully saturated rings. The first-order valence-corrected chi connectivity index (χ1v) is 6.81. The van der Waals surface area contributed by atoms with E-state index in [1.165, 1.54) is 0 Å². The number of aromatic nitrogens is 2. The van der Waals surface area contributed by atoms with Crippen molar-refractivity contribution in [2.45, 2.75) is 31.3 Å². The van der Waals surface area contributed by atoms with Crippen molar-refractivity contribution in [3.05, 3.63) is 36.4 Å². The van der Waals surface area contributed by atoms with Crippen molar-refractivity contribution < 1.29 is 14.0 Å². The van der Waals surface area contributed by atoms with Crippen LogP contribution < -0.4 is 0 Å². The van der Waals surface area contributed by atoms with E-state index in [-0.39, 0.29) is 12.0 Å². The second-order valence-corrected chi connectivity index (χ2v) is 5.21. The van der Waals surface area contributed by atoms with Gasteiger partial charge in [0.2, 0.25) is 11.7 Å². The number of aliphatic hydroxyl groups is 1. The van der Waals surface area contributed by atoms with Gasteiger partial charge in [-0.2, -0.15) is 4.98 Å². The van der Waals surface area contributed by atoms with E-state index in [2.05, 4.69) is 10.1 Å². The summed E-state index contributed by atoms with van der Waals surface area (Å²) in [6, 6.07) is 7.74. The van der Waals surface area contributed by atoms with Crippen molar-refractivity contribution in [2.75, 3.05) is 0 Å². The molecule has 4 rings (SSSR count). The number of furan rings is 1. The summed E-state index contributed by atoms with van der Waals surface area (Å²) in [4.78, 5) is 4.44. The Labute approximate surface area is 115 Å². The van der Waals surface area contributed by atoms with E-state index in [1.807, 2.05) is 24.3 Å². The predicted octanol–water partition coefficient (Wildman–Crippen LogP) is 3.11. The molecule has 0 aliphatic heterocycles. The molecule has 0 bridgehead atoms. The van der Waals surface area contributed by atoms with E-state index in [0.29, 0.717) is 11.7 Å². The first kappa shape index (κ1) is 11.7. The van der Waals surface area contributed by atoms with Gasteiger partial charge in [0.05, 0.1) is 17.6 Å². The number of hydrogen-bond donors (Lipinski definition) is 1. The van der Waals surface area contributed by atoms with Gasteiger partial charge in [0.15, 0.2) is 0 Å². The first-order chi connectivity index (χ1) is 9.83. The van der Waals surface area contributed by atoms with Crippen LogP contribution in [0, 0.1) is 0 Å². The summed E-state index contributed by atoms with van der Waals surface area (Å²) < 4.78 is 10.8. The molecule has 1 saturated carbocycles. The summed E-state index contributed by atoms with van der Waals surface area (Å²) >= 11 is 0. The summed E-state index contributed by atoms with van der Waals surface area (Å²) in [6.45, 7) is 0. The van der Waals surface area contributed by atoms with Crippen LogP contribution in [0.15, 0.2) is 39.5 Å². The van der Waals surface area contributed by atoms with Gasteiger partial charge in [-0.1, -0.05) is 23.4 Å². The Hall–Kier alpha value is -2.14. The highest BCUT2D eigenvalue weighted by atomic mass is 16.5. The molecule has 2 aromatic heterocycles. The van der Waals surface area contributed by atoms with Crippen LogP contribution >= 0.6 is 0 Å². The molecule has 3 aromatic rings. The Morgan fingerprint density at radius 2 is 2.10 bits per heavy atom. The SMILES string of the molecule is OC1CCCC1c1nc(-c2coc3ccccc23)no1. The average molecular weight is 270 g/mol. The molecule has 20 heavy (non-hydrogen) atoms. The maximum absolute atomic E-state index is 9.91. The highest BCUT2D eigenvalue weighted by molar-refractivity contribution is 5.91. The fraction of sp³-hybridized carbons (Fsp3) is 0.333. The van der Waals surface area contributed by atoms with Crippen molar-refractivity contribution in [2.24, 2.45) is 0 Å². The fourth-order valence-corrected chi connectivity index (χ4v) is 2.87. The highest BCUT2D eigenvalue weighted by Gasteiger charge is 2.31. The minimum Gasteiger partial charge on any atom is -0.464 e. The van der Waals surface area contributed by atoms with Crippen LogP contribution in [0.4, 0.5) is 0 Å². The number of rotatable bonds is 2. The zero-order valence-corrected chi connectivity index (χ0v) is 10.8. The van der Waals surface area contributed by atoms with Crippen molar-refractivity contribution in [3.63, 3.8) is 0 Å². The summed E-state index contributed by atoms with van der Waals surface area (Å²) in [5.74, 6) is 1.01. The van der Waals surface area contributed by atoms with Crippen LogP contribution in [-0.2, 0) is 0 Å². The van der Waals surface area contributed by atoms with Crippen molar-refractivity contribution in [3.8, 4) is 11.4 Å². The Bertz CT molecular complexity index is 746. The van der Waals surface area contributed by atoms with Crippen molar-refractivity contribution >= 4 is 11.0 Å². The monoisotopic (exact) mass is 270 g/mol. The van der Waals surface area contributed by atoms with E-state index in [1.54, 1.807) is 6.26 Å². The van der Waals surface area contributed by atoms with Gasteiger partial charge in [-0.3, -0.25) is 0 Å². The molecular formula is C15H14N2O3. The Morgan fingerprint density at radius 3 is 2.95 bits per heavy atom. The summed E-state index contributed by atoms with van der Waals surface area (Å²) in [5, 5.41) is 14.9. The minimum absolute atomic E-state index is 0.0329. The maximum atomic E-state index is 9.91. The van der Waals surface area contributed by atoms with Gasteiger partial charge in [0.25, 0.3) is 0 Å². The third kappa shape index (κ3) is 1.74. The lowest BCUT2D eigenvalue weighted by Crippen LogP contribution is -2.11. The lowest BCUT2D eigenvalue weighted by molar-refractivity contribution is 0.148. The molecule has 2 unspecified atom stereocenters. The molecule has 2 heterocycles. The fourth-order valence-electron chi connectivity index (χ4n) is 2.87.